The molecule has 1 fully saturated rings. The first kappa shape index (κ1) is 12.3. The Bertz CT molecular complexity index is 556. The Hall–Kier alpha value is -1.78. The van der Waals surface area contributed by atoms with E-state index in [0.717, 1.165) is 23.8 Å². The molecule has 2 heterocycles. The first-order valence-electron chi connectivity index (χ1n) is 7.11. The summed E-state index contributed by atoms with van der Waals surface area (Å²) in [5.41, 5.74) is 0.952. The van der Waals surface area contributed by atoms with Crippen molar-refractivity contribution in [1.29, 1.82) is 0 Å². The van der Waals surface area contributed by atoms with Gasteiger partial charge in [0.15, 0.2) is 11.5 Å². The smallest absolute Gasteiger partial charge is 0.180 e. The molecule has 1 N–H and O–H groups in total. The van der Waals surface area contributed by atoms with Gasteiger partial charge in [0.2, 0.25) is 0 Å². The van der Waals surface area contributed by atoms with Crippen molar-refractivity contribution >= 4 is 17.3 Å². The maximum absolute atomic E-state index is 4.74. The van der Waals surface area contributed by atoms with Crippen LogP contribution in [0.2, 0.25) is 0 Å². The van der Waals surface area contributed by atoms with Gasteiger partial charge in [-0.15, -0.1) is 0 Å². The van der Waals surface area contributed by atoms with E-state index >= 15 is 0 Å². The van der Waals surface area contributed by atoms with Crippen LogP contribution in [0.1, 0.15) is 32.6 Å². The van der Waals surface area contributed by atoms with E-state index in [1.807, 2.05) is 30.0 Å². The Balaban J connectivity index is 2.07. The molecule has 3 rings (SSSR count). The number of nitrogens with one attached hydrogen (secondary N) is 1. The molecular weight excluding hydrogens is 238 g/mol. The number of fused-ring (bicyclic) bond motifs is 1. The molecule has 1 saturated carbocycles. The summed E-state index contributed by atoms with van der Waals surface area (Å²) in [5, 5.41) is 3.13. The SMILES string of the molecule is CCN(c1nc(NC)cn2ccnc12)C1CCCC1. The van der Waals surface area contributed by atoms with Gasteiger partial charge in [0.1, 0.15) is 5.82 Å². The van der Waals surface area contributed by atoms with Crippen molar-refractivity contribution in [1.82, 2.24) is 14.4 Å². The summed E-state index contributed by atoms with van der Waals surface area (Å²) >= 11 is 0. The zero-order chi connectivity index (χ0) is 13.2. The predicted octanol–water partition coefficient (Wildman–Crippen LogP) is 2.54. The Labute approximate surface area is 113 Å². The van der Waals surface area contributed by atoms with Crippen LogP contribution in [0.5, 0.6) is 0 Å². The van der Waals surface area contributed by atoms with Gasteiger partial charge in [-0.1, -0.05) is 12.8 Å². The summed E-state index contributed by atoms with van der Waals surface area (Å²) in [6.07, 6.45) is 11.0. The third-order valence-corrected chi connectivity index (χ3v) is 3.99. The second-order valence-corrected chi connectivity index (χ2v) is 5.08. The Morgan fingerprint density at radius 1 is 1.42 bits per heavy atom. The maximum Gasteiger partial charge on any atom is 0.180 e. The maximum atomic E-state index is 4.74. The van der Waals surface area contributed by atoms with Crippen LogP contribution in [-0.2, 0) is 0 Å². The lowest BCUT2D eigenvalue weighted by atomic mass is 10.2. The van der Waals surface area contributed by atoms with Crippen LogP contribution in [0.15, 0.2) is 18.6 Å². The topological polar surface area (TPSA) is 45.5 Å². The molecule has 2 aromatic rings. The van der Waals surface area contributed by atoms with E-state index in [0.29, 0.717) is 6.04 Å². The highest BCUT2D eigenvalue weighted by Gasteiger charge is 2.25. The van der Waals surface area contributed by atoms with Crippen molar-refractivity contribution in [2.45, 2.75) is 38.6 Å². The number of hydrogen-bond acceptors (Lipinski definition) is 4. The summed E-state index contributed by atoms with van der Waals surface area (Å²) in [4.78, 5) is 11.6. The van der Waals surface area contributed by atoms with Crippen molar-refractivity contribution in [2.24, 2.45) is 0 Å². The molecule has 19 heavy (non-hydrogen) atoms. The Morgan fingerprint density at radius 3 is 2.89 bits per heavy atom. The Morgan fingerprint density at radius 2 is 2.21 bits per heavy atom. The Kier molecular flexibility index (Phi) is 3.27. The van der Waals surface area contributed by atoms with Crippen molar-refractivity contribution in [3.8, 4) is 0 Å². The zero-order valence-electron chi connectivity index (χ0n) is 11.6. The van der Waals surface area contributed by atoms with E-state index in [9.17, 15) is 0 Å². The summed E-state index contributed by atoms with van der Waals surface area (Å²) in [6.45, 7) is 3.18. The van der Waals surface area contributed by atoms with Crippen molar-refractivity contribution in [3.63, 3.8) is 0 Å². The summed E-state index contributed by atoms with van der Waals surface area (Å²) in [7, 11) is 1.90. The van der Waals surface area contributed by atoms with Crippen molar-refractivity contribution in [2.75, 3.05) is 23.8 Å². The van der Waals surface area contributed by atoms with Crippen LogP contribution in [0, 0.1) is 0 Å². The number of aromatic nitrogens is 3. The molecule has 0 aliphatic heterocycles. The first-order chi connectivity index (χ1) is 9.33. The zero-order valence-corrected chi connectivity index (χ0v) is 11.6. The van der Waals surface area contributed by atoms with Gasteiger partial charge in [0, 0.05) is 32.0 Å². The van der Waals surface area contributed by atoms with E-state index in [-0.39, 0.29) is 0 Å². The minimum atomic E-state index is 0.616. The fraction of sp³-hybridized carbons (Fsp3) is 0.571. The molecule has 0 atom stereocenters. The van der Waals surface area contributed by atoms with E-state index in [4.69, 9.17) is 4.98 Å². The molecule has 2 aromatic heterocycles. The van der Waals surface area contributed by atoms with Crippen LogP contribution >= 0.6 is 0 Å². The lowest BCUT2D eigenvalue weighted by Gasteiger charge is -2.29. The van der Waals surface area contributed by atoms with E-state index < -0.39 is 0 Å². The monoisotopic (exact) mass is 259 g/mol. The van der Waals surface area contributed by atoms with Gasteiger partial charge in [-0.3, -0.25) is 0 Å². The molecule has 0 bridgehead atoms. The average Bonchev–Trinajstić information content (AvgIpc) is 3.09. The average molecular weight is 259 g/mol. The van der Waals surface area contributed by atoms with Gasteiger partial charge in [0.05, 0.1) is 6.20 Å². The predicted molar refractivity (Wildman–Crippen MR) is 77.8 cm³/mol. The molecule has 5 nitrogen and oxygen atoms in total. The summed E-state index contributed by atoms with van der Waals surface area (Å²) in [5.74, 6) is 1.89. The molecule has 0 amide bonds. The third kappa shape index (κ3) is 2.13. The number of anilines is 2. The number of imidazole rings is 1. The van der Waals surface area contributed by atoms with Crippen LogP contribution in [0.4, 0.5) is 11.6 Å². The molecule has 5 heteroatoms. The third-order valence-electron chi connectivity index (χ3n) is 3.99. The number of rotatable bonds is 4. The van der Waals surface area contributed by atoms with Gasteiger partial charge in [-0.05, 0) is 19.8 Å². The molecule has 102 valence electrons. The van der Waals surface area contributed by atoms with Gasteiger partial charge in [-0.25, -0.2) is 9.97 Å². The van der Waals surface area contributed by atoms with Gasteiger partial charge in [-0.2, -0.15) is 0 Å². The highest BCUT2D eigenvalue weighted by Crippen LogP contribution is 2.29. The lowest BCUT2D eigenvalue weighted by molar-refractivity contribution is 0.614. The van der Waals surface area contributed by atoms with Gasteiger partial charge < -0.3 is 14.6 Å². The molecule has 1 aliphatic rings. The largest absolute Gasteiger partial charge is 0.372 e. The fourth-order valence-corrected chi connectivity index (χ4v) is 3.03. The minimum Gasteiger partial charge on any atom is -0.372 e. The van der Waals surface area contributed by atoms with Crippen molar-refractivity contribution < 1.29 is 0 Å². The highest BCUT2D eigenvalue weighted by molar-refractivity contribution is 5.67. The van der Waals surface area contributed by atoms with Crippen LogP contribution in [0.3, 0.4) is 0 Å². The van der Waals surface area contributed by atoms with Crippen LogP contribution < -0.4 is 10.2 Å². The first-order valence-corrected chi connectivity index (χ1v) is 7.11. The van der Waals surface area contributed by atoms with Gasteiger partial charge in [0.25, 0.3) is 0 Å². The van der Waals surface area contributed by atoms with E-state index in [2.05, 4.69) is 22.1 Å². The number of nitrogens with zero attached hydrogens (tertiary/aromatic N) is 4. The quantitative estimate of drug-likeness (QED) is 0.916. The molecule has 0 radical (unpaired) electrons. The summed E-state index contributed by atoms with van der Waals surface area (Å²) < 4.78 is 2.05. The molecule has 0 spiro atoms. The standard InChI is InChI=1S/C14H21N5/c1-3-19(11-6-4-5-7-11)14-13-16-8-9-18(13)10-12(15-2)17-14/h8-11,15H,3-7H2,1-2H3. The second-order valence-electron chi connectivity index (χ2n) is 5.08. The minimum absolute atomic E-state index is 0.616. The fourth-order valence-electron chi connectivity index (χ4n) is 3.03. The van der Waals surface area contributed by atoms with Crippen LogP contribution in [0.25, 0.3) is 5.65 Å². The number of hydrogen-bond donors (Lipinski definition) is 1. The molecule has 0 saturated heterocycles. The molecule has 0 aromatic carbocycles. The lowest BCUT2D eigenvalue weighted by Crippen LogP contribution is -2.34. The molecule has 0 unspecified atom stereocenters. The van der Waals surface area contributed by atoms with E-state index in [1.54, 1.807) is 0 Å². The molecular formula is C14H21N5. The van der Waals surface area contributed by atoms with E-state index in [1.165, 1.54) is 25.7 Å². The van der Waals surface area contributed by atoms with Crippen molar-refractivity contribution in [3.05, 3.63) is 18.6 Å². The summed E-state index contributed by atoms with van der Waals surface area (Å²) in [6, 6.07) is 0.616. The van der Waals surface area contributed by atoms with Crippen LogP contribution in [-0.4, -0.2) is 34.0 Å². The molecule has 1 aliphatic carbocycles. The normalized spacial score (nSPS) is 16.1. The second kappa shape index (κ2) is 5.07. The highest BCUT2D eigenvalue weighted by atomic mass is 15.3. The van der Waals surface area contributed by atoms with Gasteiger partial charge >= 0.3 is 0 Å².